The monoisotopic (exact) mass is 329 g/mol. The van der Waals surface area contributed by atoms with Gasteiger partial charge in [0, 0.05) is 49.3 Å². The third-order valence-corrected chi connectivity index (χ3v) is 4.19. The van der Waals surface area contributed by atoms with E-state index in [0.717, 1.165) is 36.8 Å². The molecule has 1 fully saturated rings. The van der Waals surface area contributed by atoms with Crippen molar-refractivity contribution < 1.29 is 0 Å². The van der Waals surface area contributed by atoms with Gasteiger partial charge in [0.15, 0.2) is 5.96 Å². The van der Waals surface area contributed by atoms with Gasteiger partial charge in [0.2, 0.25) is 0 Å². The quantitative estimate of drug-likeness (QED) is 0.694. The van der Waals surface area contributed by atoms with Crippen LogP contribution in [0.3, 0.4) is 0 Å². The van der Waals surface area contributed by atoms with Crippen LogP contribution in [0.1, 0.15) is 5.56 Å². The molecule has 1 saturated heterocycles. The zero-order valence-electron chi connectivity index (χ0n) is 12.9. The summed E-state index contributed by atoms with van der Waals surface area (Å²) in [5.41, 5.74) is 8.38. The number of aliphatic imine (C=N–C) groups is 1. The van der Waals surface area contributed by atoms with E-state index < -0.39 is 0 Å². The van der Waals surface area contributed by atoms with Gasteiger partial charge in [0.1, 0.15) is 0 Å². The number of anilines is 1. The van der Waals surface area contributed by atoms with Crippen molar-refractivity contribution in [1.29, 1.82) is 0 Å². The number of guanidine groups is 1. The predicted molar refractivity (Wildman–Crippen MR) is 94.8 cm³/mol. The van der Waals surface area contributed by atoms with Crippen LogP contribution in [0.15, 0.2) is 53.8 Å². The minimum atomic E-state index is 0.567. The summed E-state index contributed by atoms with van der Waals surface area (Å²) in [5, 5.41) is 0.763. The van der Waals surface area contributed by atoms with Crippen molar-refractivity contribution in [2.45, 2.75) is 6.54 Å². The zero-order valence-corrected chi connectivity index (χ0v) is 13.7. The molecular formula is C17H20ClN5. The van der Waals surface area contributed by atoms with Gasteiger partial charge in [-0.3, -0.25) is 4.98 Å². The molecule has 0 bridgehead atoms. The molecule has 0 amide bonds. The van der Waals surface area contributed by atoms with E-state index in [2.05, 4.69) is 31.9 Å². The molecule has 0 spiro atoms. The van der Waals surface area contributed by atoms with E-state index in [1.165, 1.54) is 5.69 Å². The third kappa shape index (κ3) is 4.13. The summed E-state index contributed by atoms with van der Waals surface area (Å²) in [6.45, 7) is 4.14. The molecule has 0 aliphatic carbocycles. The van der Waals surface area contributed by atoms with Crippen LogP contribution in [-0.2, 0) is 6.54 Å². The lowest BCUT2D eigenvalue weighted by atomic mass is 10.2. The SMILES string of the molecule is NC(=NCc1cccnc1)N1CCN(c2ccc(Cl)cc2)CC1. The summed E-state index contributed by atoms with van der Waals surface area (Å²) in [7, 11) is 0. The number of nitrogens with zero attached hydrogens (tertiary/aromatic N) is 4. The first-order valence-corrected chi connectivity index (χ1v) is 8.04. The zero-order chi connectivity index (χ0) is 16.1. The second kappa shape index (κ2) is 7.33. The normalized spacial score (nSPS) is 15.8. The Morgan fingerprint density at radius 3 is 2.52 bits per heavy atom. The molecule has 0 saturated carbocycles. The first kappa shape index (κ1) is 15.6. The number of halogens is 1. The summed E-state index contributed by atoms with van der Waals surface area (Å²) in [6.07, 6.45) is 3.57. The van der Waals surface area contributed by atoms with E-state index in [4.69, 9.17) is 17.3 Å². The van der Waals surface area contributed by atoms with Crippen LogP contribution < -0.4 is 10.6 Å². The van der Waals surface area contributed by atoms with E-state index in [1.54, 1.807) is 6.20 Å². The number of piperazine rings is 1. The van der Waals surface area contributed by atoms with E-state index in [1.807, 2.05) is 30.5 Å². The summed E-state index contributed by atoms with van der Waals surface area (Å²) in [4.78, 5) is 13.0. The van der Waals surface area contributed by atoms with Gasteiger partial charge in [-0.25, -0.2) is 4.99 Å². The van der Waals surface area contributed by atoms with Gasteiger partial charge >= 0.3 is 0 Å². The largest absolute Gasteiger partial charge is 0.370 e. The molecule has 1 aliphatic rings. The minimum absolute atomic E-state index is 0.567. The molecule has 2 aromatic rings. The smallest absolute Gasteiger partial charge is 0.191 e. The van der Waals surface area contributed by atoms with Crippen LogP contribution in [0.4, 0.5) is 5.69 Å². The second-order valence-electron chi connectivity index (χ2n) is 5.49. The highest BCUT2D eigenvalue weighted by molar-refractivity contribution is 6.30. The molecule has 1 aromatic heterocycles. The Kier molecular flexibility index (Phi) is 4.98. The highest BCUT2D eigenvalue weighted by Crippen LogP contribution is 2.19. The van der Waals surface area contributed by atoms with E-state index >= 15 is 0 Å². The highest BCUT2D eigenvalue weighted by Gasteiger charge is 2.18. The number of benzene rings is 1. The Morgan fingerprint density at radius 2 is 1.87 bits per heavy atom. The average Bonchev–Trinajstić information content (AvgIpc) is 2.61. The Bertz CT molecular complexity index is 648. The molecule has 0 radical (unpaired) electrons. The van der Waals surface area contributed by atoms with Crippen molar-refractivity contribution in [2.75, 3.05) is 31.1 Å². The molecule has 0 unspecified atom stereocenters. The number of rotatable bonds is 3. The van der Waals surface area contributed by atoms with Gasteiger partial charge in [-0.1, -0.05) is 17.7 Å². The lowest BCUT2D eigenvalue weighted by Crippen LogP contribution is -2.51. The van der Waals surface area contributed by atoms with E-state index in [0.29, 0.717) is 12.5 Å². The van der Waals surface area contributed by atoms with Crippen molar-refractivity contribution in [3.63, 3.8) is 0 Å². The van der Waals surface area contributed by atoms with Crippen molar-refractivity contribution in [1.82, 2.24) is 9.88 Å². The molecule has 2 heterocycles. The van der Waals surface area contributed by atoms with E-state index in [-0.39, 0.29) is 0 Å². The topological polar surface area (TPSA) is 57.8 Å². The van der Waals surface area contributed by atoms with Crippen molar-refractivity contribution in [3.05, 3.63) is 59.4 Å². The first-order valence-electron chi connectivity index (χ1n) is 7.66. The van der Waals surface area contributed by atoms with Crippen LogP contribution in [0.25, 0.3) is 0 Å². The summed E-state index contributed by atoms with van der Waals surface area (Å²) >= 11 is 5.94. The van der Waals surface area contributed by atoms with Crippen LogP contribution in [0.5, 0.6) is 0 Å². The molecule has 5 nitrogen and oxygen atoms in total. The van der Waals surface area contributed by atoms with Gasteiger partial charge in [-0.05, 0) is 35.9 Å². The van der Waals surface area contributed by atoms with Gasteiger partial charge in [0.25, 0.3) is 0 Å². The molecule has 1 aromatic carbocycles. The lowest BCUT2D eigenvalue weighted by Gasteiger charge is -2.36. The van der Waals surface area contributed by atoms with Crippen molar-refractivity contribution >= 4 is 23.2 Å². The van der Waals surface area contributed by atoms with Crippen LogP contribution in [-0.4, -0.2) is 42.0 Å². The first-order chi connectivity index (χ1) is 11.2. The number of nitrogens with two attached hydrogens (primary N) is 1. The molecule has 23 heavy (non-hydrogen) atoms. The van der Waals surface area contributed by atoms with Crippen LogP contribution >= 0.6 is 11.6 Å². The molecule has 6 heteroatoms. The summed E-state index contributed by atoms with van der Waals surface area (Å²) in [6, 6.07) is 11.9. The third-order valence-electron chi connectivity index (χ3n) is 3.94. The maximum atomic E-state index is 6.12. The Balaban J connectivity index is 1.54. The average molecular weight is 330 g/mol. The van der Waals surface area contributed by atoms with Crippen molar-refractivity contribution in [2.24, 2.45) is 10.7 Å². The number of aromatic nitrogens is 1. The highest BCUT2D eigenvalue weighted by atomic mass is 35.5. The fraction of sp³-hybridized carbons (Fsp3) is 0.294. The predicted octanol–water partition coefficient (Wildman–Crippen LogP) is 2.37. The van der Waals surface area contributed by atoms with Crippen LogP contribution in [0, 0.1) is 0 Å². The van der Waals surface area contributed by atoms with E-state index in [9.17, 15) is 0 Å². The van der Waals surface area contributed by atoms with Gasteiger partial charge in [-0.15, -0.1) is 0 Å². The fourth-order valence-electron chi connectivity index (χ4n) is 2.61. The Labute approximate surface area is 141 Å². The van der Waals surface area contributed by atoms with Crippen LogP contribution in [0.2, 0.25) is 5.02 Å². The van der Waals surface area contributed by atoms with Gasteiger partial charge in [0.05, 0.1) is 6.54 Å². The number of pyridine rings is 1. The van der Waals surface area contributed by atoms with Crippen molar-refractivity contribution in [3.8, 4) is 0 Å². The number of hydrogen-bond donors (Lipinski definition) is 1. The second-order valence-corrected chi connectivity index (χ2v) is 5.92. The number of hydrogen-bond acceptors (Lipinski definition) is 3. The molecular weight excluding hydrogens is 310 g/mol. The van der Waals surface area contributed by atoms with Gasteiger partial charge < -0.3 is 15.5 Å². The maximum Gasteiger partial charge on any atom is 0.191 e. The molecule has 2 N–H and O–H groups in total. The summed E-state index contributed by atoms with van der Waals surface area (Å²) in [5.74, 6) is 0.601. The molecule has 1 aliphatic heterocycles. The Morgan fingerprint density at radius 1 is 1.13 bits per heavy atom. The molecule has 120 valence electrons. The molecule has 3 rings (SSSR count). The standard InChI is InChI=1S/C17H20ClN5/c18-15-3-5-16(6-4-15)22-8-10-23(11-9-22)17(19)21-13-14-2-1-7-20-12-14/h1-7,12H,8-11,13H2,(H2,19,21). The Hall–Kier alpha value is -2.27. The maximum absolute atomic E-state index is 6.12. The van der Waals surface area contributed by atoms with Gasteiger partial charge in [-0.2, -0.15) is 0 Å². The molecule has 0 atom stereocenters. The summed E-state index contributed by atoms with van der Waals surface area (Å²) < 4.78 is 0. The lowest BCUT2D eigenvalue weighted by molar-refractivity contribution is 0.380. The fourth-order valence-corrected chi connectivity index (χ4v) is 2.74. The minimum Gasteiger partial charge on any atom is -0.370 e.